The molecule has 102 valence electrons. The molecule has 0 aliphatic rings. The first-order valence-corrected chi connectivity index (χ1v) is 6.26. The van der Waals surface area contributed by atoms with Crippen molar-refractivity contribution in [3.05, 3.63) is 34.4 Å². The van der Waals surface area contributed by atoms with E-state index in [1.807, 2.05) is 0 Å². The molecule has 0 spiro atoms. The summed E-state index contributed by atoms with van der Waals surface area (Å²) < 4.78 is 0. The van der Waals surface area contributed by atoms with Crippen molar-refractivity contribution in [2.45, 2.75) is 17.9 Å². The summed E-state index contributed by atoms with van der Waals surface area (Å²) in [4.78, 5) is 32.4. The Hall–Kier alpha value is -2.09. The number of carboxylic acids is 1. The van der Waals surface area contributed by atoms with Crippen LogP contribution in [0.25, 0.3) is 0 Å². The minimum atomic E-state index is -1.12. The van der Waals surface area contributed by atoms with Crippen LogP contribution in [-0.2, 0) is 9.59 Å². The van der Waals surface area contributed by atoms with Gasteiger partial charge in [-0.15, -0.1) is 11.8 Å². The van der Waals surface area contributed by atoms with E-state index in [9.17, 15) is 19.7 Å². The van der Waals surface area contributed by atoms with E-state index >= 15 is 0 Å². The molecule has 0 heterocycles. The van der Waals surface area contributed by atoms with Gasteiger partial charge in [-0.25, -0.2) is 4.79 Å². The molecule has 2 N–H and O–H groups in total. The monoisotopic (exact) mass is 284 g/mol. The number of amides is 1. The van der Waals surface area contributed by atoms with Crippen molar-refractivity contribution in [1.82, 2.24) is 5.32 Å². The zero-order valence-corrected chi connectivity index (χ0v) is 10.8. The van der Waals surface area contributed by atoms with Crippen LogP contribution in [0.4, 0.5) is 5.69 Å². The molecule has 0 aliphatic carbocycles. The van der Waals surface area contributed by atoms with Gasteiger partial charge < -0.3 is 10.4 Å². The SMILES string of the molecule is CC(=O)N[C@@H](CSc1ccc([N+](=O)[O-])cc1)C(=O)O. The summed E-state index contributed by atoms with van der Waals surface area (Å²) in [5.41, 5.74) is -0.0269. The molecule has 7 nitrogen and oxygen atoms in total. The van der Waals surface area contributed by atoms with Crippen molar-refractivity contribution in [3.63, 3.8) is 0 Å². The Morgan fingerprint density at radius 2 is 2.00 bits per heavy atom. The minimum absolute atomic E-state index is 0.0269. The first-order chi connectivity index (χ1) is 8.90. The van der Waals surface area contributed by atoms with E-state index < -0.39 is 22.8 Å². The van der Waals surface area contributed by atoms with E-state index in [2.05, 4.69) is 5.32 Å². The van der Waals surface area contributed by atoms with Crippen LogP contribution in [0.15, 0.2) is 29.2 Å². The summed E-state index contributed by atoms with van der Waals surface area (Å²) in [6.07, 6.45) is 0. The lowest BCUT2D eigenvalue weighted by atomic mass is 10.3. The number of carboxylic acid groups (broad SMARTS) is 1. The number of rotatable bonds is 6. The van der Waals surface area contributed by atoms with Crippen molar-refractivity contribution < 1.29 is 19.6 Å². The van der Waals surface area contributed by atoms with E-state index in [1.54, 1.807) is 0 Å². The van der Waals surface area contributed by atoms with Gasteiger partial charge in [0.05, 0.1) is 4.92 Å². The maximum Gasteiger partial charge on any atom is 0.327 e. The Morgan fingerprint density at radius 3 is 2.42 bits per heavy atom. The molecule has 0 unspecified atom stereocenters. The van der Waals surface area contributed by atoms with Crippen LogP contribution in [0.1, 0.15) is 6.92 Å². The Bertz CT molecular complexity index is 488. The van der Waals surface area contributed by atoms with Crippen molar-refractivity contribution in [2.24, 2.45) is 0 Å². The van der Waals surface area contributed by atoms with Crippen LogP contribution in [-0.4, -0.2) is 33.7 Å². The summed E-state index contributed by atoms with van der Waals surface area (Å²) in [6.45, 7) is 1.24. The lowest BCUT2D eigenvalue weighted by Gasteiger charge is -2.12. The molecule has 0 aromatic heterocycles. The average Bonchev–Trinajstić information content (AvgIpc) is 2.34. The van der Waals surface area contributed by atoms with Crippen molar-refractivity contribution in [1.29, 1.82) is 0 Å². The highest BCUT2D eigenvalue weighted by atomic mass is 32.2. The fraction of sp³-hybridized carbons (Fsp3) is 0.273. The van der Waals surface area contributed by atoms with Gasteiger partial charge in [0, 0.05) is 29.7 Å². The molecule has 1 amide bonds. The summed E-state index contributed by atoms with van der Waals surface area (Å²) in [7, 11) is 0. The maximum atomic E-state index is 10.9. The minimum Gasteiger partial charge on any atom is -0.480 e. The number of nitrogens with one attached hydrogen (secondary N) is 1. The molecule has 0 aliphatic heterocycles. The molecular formula is C11H12N2O5S. The van der Waals surface area contributed by atoms with Gasteiger partial charge in [0.1, 0.15) is 6.04 Å². The highest BCUT2D eigenvalue weighted by Crippen LogP contribution is 2.22. The average molecular weight is 284 g/mol. The third kappa shape index (κ3) is 4.96. The fourth-order valence-electron chi connectivity index (χ4n) is 1.26. The summed E-state index contributed by atoms with van der Waals surface area (Å²) in [5, 5.41) is 21.7. The van der Waals surface area contributed by atoms with Crippen molar-refractivity contribution in [3.8, 4) is 0 Å². The number of hydrogen-bond acceptors (Lipinski definition) is 5. The van der Waals surface area contributed by atoms with Gasteiger partial charge in [0.25, 0.3) is 5.69 Å². The number of non-ortho nitro benzene ring substituents is 1. The molecular weight excluding hydrogens is 272 g/mol. The normalized spacial score (nSPS) is 11.6. The highest BCUT2D eigenvalue weighted by Gasteiger charge is 2.18. The number of carbonyl (C=O) groups excluding carboxylic acids is 1. The van der Waals surface area contributed by atoms with Crippen LogP contribution < -0.4 is 5.32 Å². The largest absolute Gasteiger partial charge is 0.480 e. The van der Waals surface area contributed by atoms with Crippen molar-refractivity contribution in [2.75, 3.05) is 5.75 Å². The second-order valence-corrected chi connectivity index (χ2v) is 4.75. The van der Waals surface area contributed by atoms with E-state index in [-0.39, 0.29) is 11.4 Å². The maximum absolute atomic E-state index is 10.9. The molecule has 0 radical (unpaired) electrons. The summed E-state index contributed by atoms with van der Waals surface area (Å²) >= 11 is 1.20. The van der Waals surface area contributed by atoms with E-state index in [0.29, 0.717) is 4.90 Å². The molecule has 0 saturated carbocycles. The number of aliphatic carboxylic acids is 1. The van der Waals surface area contributed by atoms with Gasteiger partial charge in [-0.1, -0.05) is 0 Å². The van der Waals surface area contributed by atoms with Gasteiger partial charge in [-0.2, -0.15) is 0 Å². The molecule has 0 fully saturated rings. The predicted octanol–water partition coefficient (Wildman–Crippen LogP) is 1.28. The Kier molecular flexibility index (Phi) is 5.31. The summed E-state index contributed by atoms with van der Waals surface area (Å²) in [5.74, 6) is -1.39. The molecule has 1 aromatic rings. The molecule has 8 heteroatoms. The number of hydrogen-bond donors (Lipinski definition) is 2. The molecule has 1 aromatic carbocycles. The quantitative estimate of drug-likeness (QED) is 0.462. The van der Waals surface area contributed by atoms with Gasteiger partial charge in [-0.3, -0.25) is 14.9 Å². The number of thioether (sulfide) groups is 1. The molecule has 1 rings (SSSR count). The van der Waals surface area contributed by atoms with Gasteiger partial charge >= 0.3 is 5.97 Å². The standard InChI is InChI=1S/C11H12N2O5S/c1-7(14)12-10(11(15)16)6-19-9-4-2-8(3-5-9)13(17)18/h2-5,10H,6H2,1H3,(H,12,14)(H,15,16)/t10-/m0/s1. The van der Waals surface area contributed by atoms with E-state index in [4.69, 9.17) is 5.11 Å². The number of nitro benzene ring substituents is 1. The lowest BCUT2D eigenvalue weighted by Crippen LogP contribution is -2.41. The first kappa shape index (κ1) is 15.0. The van der Waals surface area contributed by atoms with Gasteiger partial charge in [0.15, 0.2) is 0 Å². The van der Waals surface area contributed by atoms with Crippen LogP contribution in [0.2, 0.25) is 0 Å². The van der Waals surface area contributed by atoms with Crippen LogP contribution >= 0.6 is 11.8 Å². The fourth-order valence-corrected chi connectivity index (χ4v) is 2.18. The van der Waals surface area contributed by atoms with E-state index in [1.165, 1.54) is 43.0 Å². The third-order valence-corrected chi connectivity index (χ3v) is 3.25. The van der Waals surface area contributed by atoms with Gasteiger partial charge in [-0.05, 0) is 12.1 Å². The first-order valence-electron chi connectivity index (χ1n) is 5.27. The third-order valence-electron chi connectivity index (χ3n) is 2.14. The molecule has 19 heavy (non-hydrogen) atoms. The number of nitro groups is 1. The Balaban J connectivity index is 2.61. The smallest absolute Gasteiger partial charge is 0.327 e. The van der Waals surface area contributed by atoms with Gasteiger partial charge in [0.2, 0.25) is 5.91 Å². The topological polar surface area (TPSA) is 110 Å². The highest BCUT2D eigenvalue weighted by molar-refractivity contribution is 7.99. The second-order valence-electron chi connectivity index (χ2n) is 3.65. The number of carbonyl (C=O) groups is 2. The lowest BCUT2D eigenvalue weighted by molar-refractivity contribution is -0.384. The van der Waals surface area contributed by atoms with E-state index in [0.717, 1.165) is 0 Å². The molecule has 0 saturated heterocycles. The Morgan fingerprint density at radius 1 is 1.42 bits per heavy atom. The summed E-state index contributed by atoms with van der Waals surface area (Å²) in [6, 6.07) is 4.77. The predicted molar refractivity (Wildman–Crippen MR) is 69.1 cm³/mol. The van der Waals surface area contributed by atoms with Crippen LogP contribution in [0.3, 0.4) is 0 Å². The molecule has 0 bridgehead atoms. The van der Waals surface area contributed by atoms with Crippen LogP contribution in [0, 0.1) is 10.1 Å². The van der Waals surface area contributed by atoms with Crippen LogP contribution in [0.5, 0.6) is 0 Å². The molecule has 1 atom stereocenters. The number of nitrogens with zero attached hydrogens (tertiary/aromatic N) is 1. The zero-order valence-electron chi connectivity index (χ0n) is 10.0. The Labute approximate surface area is 113 Å². The zero-order chi connectivity index (χ0) is 14.4. The second kappa shape index (κ2) is 6.74. The number of benzene rings is 1. The van der Waals surface area contributed by atoms with Crippen molar-refractivity contribution >= 4 is 29.3 Å².